The van der Waals surface area contributed by atoms with Crippen molar-refractivity contribution < 1.29 is 4.74 Å². The Morgan fingerprint density at radius 2 is 1.79 bits per heavy atom. The van der Waals surface area contributed by atoms with E-state index in [0.29, 0.717) is 0 Å². The van der Waals surface area contributed by atoms with Crippen LogP contribution in [0.25, 0.3) is 0 Å². The Labute approximate surface area is 117 Å². The smallest absolute Gasteiger partial charge is 0.125 e. The van der Waals surface area contributed by atoms with Gasteiger partial charge in [-0.25, -0.2) is 0 Å². The maximum Gasteiger partial charge on any atom is 0.125 e. The highest BCUT2D eigenvalue weighted by Crippen LogP contribution is 2.25. The van der Waals surface area contributed by atoms with Gasteiger partial charge in [0.15, 0.2) is 0 Å². The molecule has 0 bridgehead atoms. The molecule has 1 aliphatic rings. The summed E-state index contributed by atoms with van der Waals surface area (Å²) in [4.78, 5) is 0. The van der Waals surface area contributed by atoms with Crippen LogP contribution in [0.15, 0.2) is 12.1 Å². The first-order valence-electron chi connectivity index (χ1n) is 7.59. The van der Waals surface area contributed by atoms with Gasteiger partial charge >= 0.3 is 0 Å². The fraction of sp³-hybridized carbons (Fsp3) is 0.647. The lowest BCUT2D eigenvalue weighted by Crippen LogP contribution is -2.26. The summed E-state index contributed by atoms with van der Waals surface area (Å²) in [6.45, 7) is 9.27. The zero-order chi connectivity index (χ0) is 13.7. The third-order valence-electron chi connectivity index (χ3n) is 4.31. The minimum Gasteiger partial charge on any atom is -0.492 e. The van der Waals surface area contributed by atoms with E-state index in [0.717, 1.165) is 31.4 Å². The third-order valence-corrected chi connectivity index (χ3v) is 4.31. The minimum absolute atomic E-state index is 0.762. The van der Waals surface area contributed by atoms with Crippen molar-refractivity contribution in [2.24, 2.45) is 5.92 Å². The number of hydrogen-bond donors (Lipinski definition) is 1. The summed E-state index contributed by atoms with van der Waals surface area (Å²) in [5.41, 5.74) is 3.81. The summed E-state index contributed by atoms with van der Waals surface area (Å²) < 4.78 is 5.95. The monoisotopic (exact) mass is 261 g/mol. The maximum absolute atomic E-state index is 5.95. The van der Waals surface area contributed by atoms with E-state index in [9.17, 15) is 0 Å². The molecule has 0 heterocycles. The molecule has 1 aromatic carbocycles. The van der Waals surface area contributed by atoms with Gasteiger partial charge in [0.2, 0.25) is 0 Å². The van der Waals surface area contributed by atoms with E-state index in [1.807, 2.05) is 0 Å². The van der Waals surface area contributed by atoms with Gasteiger partial charge in [-0.2, -0.15) is 0 Å². The Morgan fingerprint density at radius 3 is 2.53 bits per heavy atom. The fourth-order valence-corrected chi connectivity index (χ4v) is 2.89. The molecule has 0 aromatic heterocycles. The molecule has 0 atom stereocenters. The molecule has 0 unspecified atom stereocenters. The summed E-state index contributed by atoms with van der Waals surface area (Å²) in [5.74, 6) is 1.98. The molecule has 1 saturated carbocycles. The second kappa shape index (κ2) is 6.95. The van der Waals surface area contributed by atoms with Crippen molar-refractivity contribution in [1.29, 1.82) is 0 Å². The van der Waals surface area contributed by atoms with Gasteiger partial charge in [-0.1, -0.05) is 25.0 Å². The van der Waals surface area contributed by atoms with Crippen LogP contribution in [-0.2, 0) is 0 Å². The van der Waals surface area contributed by atoms with Gasteiger partial charge in [-0.15, -0.1) is 0 Å². The van der Waals surface area contributed by atoms with Crippen LogP contribution in [0.4, 0.5) is 0 Å². The standard InChI is InChI=1S/C17H27NO/c1-13-8-9-14(2)17(15(13)3)19-11-10-18-12-16-6-4-5-7-16/h8-9,16,18H,4-7,10-12H2,1-3H3. The van der Waals surface area contributed by atoms with Crippen molar-refractivity contribution >= 4 is 0 Å². The lowest BCUT2D eigenvalue weighted by atomic mass is 10.1. The highest BCUT2D eigenvalue weighted by Gasteiger charge is 2.13. The van der Waals surface area contributed by atoms with E-state index in [4.69, 9.17) is 4.74 Å². The number of aryl methyl sites for hydroxylation is 2. The molecule has 19 heavy (non-hydrogen) atoms. The van der Waals surface area contributed by atoms with Crippen molar-refractivity contribution in [3.8, 4) is 5.75 Å². The SMILES string of the molecule is Cc1ccc(C)c(OCCNCC2CCCC2)c1C. The van der Waals surface area contributed by atoms with Crippen molar-refractivity contribution in [3.05, 3.63) is 28.8 Å². The first kappa shape index (κ1) is 14.4. The fourth-order valence-electron chi connectivity index (χ4n) is 2.89. The van der Waals surface area contributed by atoms with Crippen molar-refractivity contribution in [1.82, 2.24) is 5.32 Å². The Bertz CT molecular complexity index is 408. The van der Waals surface area contributed by atoms with E-state index in [2.05, 4.69) is 38.2 Å². The van der Waals surface area contributed by atoms with E-state index >= 15 is 0 Å². The Morgan fingerprint density at radius 1 is 1.11 bits per heavy atom. The van der Waals surface area contributed by atoms with Gasteiger partial charge in [0, 0.05) is 6.54 Å². The van der Waals surface area contributed by atoms with Gasteiger partial charge in [0.05, 0.1) is 0 Å². The van der Waals surface area contributed by atoms with Crippen LogP contribution in [0.2, 0.25) is 0 Å². The average Bonchev–Trinajstić information content (AvgIpc) is 2.90. The van der Waals surface area contributed by atoms with Gasteiger partial charge < -0.3 is 10.1 Å². The number of rotatable bonds is 6. The second-order valence-electron chi connectivity index (χ2n) is 5.86. The number of benzene rings is 1. The summed E-state index contributed by atoms with van der Waals surface area (Å²) in [6, 6.07) is 4.31. The lowest BCUT2D eigenvalue weighted by molar-refractivity contribution is 0.305. The third kappa shape index (κ3) is 3.97. The van der Waals surface area contributed by atoms with Gasteiger partial charge in [0.1, 0.15) is 12.4 Å². The maximum atomic E-state index is 5.95. The van der Waals surface area contributed by atoms with Gasteiger partial charge in [0.25, 0.3) is 0 Å². The highest BCUT2D eigenvalue weighted by atomic mass is 16.5. The molecule has 2 heteroatoms. The zero-order valence-electron chi connectivity index (χ0n) is 12.6. The molecule has 1 aliphatic carbocycles. The van der Waals surface area contributed by atoms with E-state index in [1.54, 1.807) is 0 Å². The van der Waals surface area contributed by atoms with Crippen LogP contribution >= 0.6 is 0 Å². The summed E-state index contributed by atoms with van der Waals surface area (Å²) in [7, 11) is 0. The van der Waals surface area contributed by atoms with Crippen LogP contribution in [0.5, 0.6) is 5.75 Å². The lowest BCUT2D eigenvalue weighted by Gasteiger charge is -2.15. The molecule has 2 nitrogen and oxygen atoms in total. The van der Waals surface area contributed by atoms with Crippen LogP contribution in [0.3, 0.4) is 0 Å². The molecule has 1 N–H and O–H groups in total. The molecule has 0 aliphatic heterocycles. The second-order valence-corrected chi connectivity index (χ2v) is 5.86. The highest BCUT2D eigenvalue weighted by molar-refractivity contribution is 5.44. The van der Waals surface area contributed by atoms with Crippen molar-refractivity contribution in [2.45, 2.75) is 46.5 Å². The van der Waals surface area contributed by atoms with E-state index < -0.39 is 0 Å². The van der Waals surface area contributed by atoms with Crippen molar-refractivity contribution in [3.63, 3.8) is 0 Å². The quantitative estimate of drug-likeness (QED) is 0.787. The number of ether oxygens (including phenoxy) is 1. The predicted molar refractivity (Wildman–Crippen MR) is 81.0 cm³/mol. The molecule has 0 radical (unpaired) electrons. The van der Waals surface area contributed by atoms with Crippen LogP contribution in [0.1, 0.15) is 42.4 Å². The molecule has 0 saturated heterocycles. The normalized spacial score (nSPS) is 15.9. The first-order valence-corrected chi connectivity index (χ1v) is 7.59. The van der Waals surface area contributed by atoms with E-state index in [-0.39, 0.29) is 0 Å². The minimum atomic E-state index is 0.762. The molecular weight excluding hydrogens is 234 g/mol. The predicted octanol–water partition coefficient (Wildman–Crippen LogP) is 3.77. The molecule has 106 valence electrons. The molecule has 1 aromatic rings. The summed E-state index contributed by atoms with van der Waals surface area (Å²) >= 11 is 0. The van der Waals surface area contributed by atoms with Gasteiger partial charge in [-0.3, -0.25) is 0 Å². The number of hydrogen-bond acceptors (Lipinski definition) is 2. The Hall–Kier alpha value is -1.02. The van der Waals surface area contributed by atoms with Crippen LogP contribution < -0.4 is 10.1 Å². The topological polar surface area (TPSA) is 21.3 Å². The largest absolute Gasteiger partial charge is 0.492 e. The summed E-state index contributed by atoms with van der Waals surface area (Å²) in [6.07, 6.45) is 5.66. The molecular formula is C17H27NO. The molecule has 0 spiro atoms. The first-order chi connectivity index (χ1) is 9.18. The Kier molecular flexibility index (Phi) is 5.26. The summed E-state index contributed by atoms with van der Waals surface area (Å²) in [5, 5.41) is 3.53. The molecule has 1 fully saturated rings. The van der Waals surface area contributed by atoms with Crippen molar-refractivity contribution in [2.75, 3.05) is 19.7 Å². The van der Waals surface area contributed by atoms with Crippen LogP contribution in [-0.4, -0.2) is 19.7 Å². The Balaban J connectivity index is 1.72. The van der Waals surface area contributed by atoms with Crippen LogP contribution in [0, 0.1) is 26.7 Å². The average molecular weight is 261 g/mol. The van der Waals surface area contributed by atoms with Gasteiger partial charge in [-0.05, 0) is 62.8 Å². The van der Waals surface area contributed by atoms with E-state index in [1.165, 1.54) is 42.4 Å². The zero-order valence-corrected chi connectivity index (χ0v) is 12.6. The number of nitrogens with one attached hydrogen (secondary N) is 1. The molecule has 0 amide bonds. The molecule has 2 rings (SSSR count).